The number of hydrogen-bond acceptors (Lipinski definition) is 4. The van der Waals surface area contributed by atoms with E-state index in [0.29, 0.717) is 18.8 Å². The molecule has 0 spiro atoms. The van der Waals surface area contributed by atoms with Gasteiger partial charge in [0, 0.05) is 18.9 Å². The number of pyridine rings is 1. The van der Waals surface area contributed by atoms with Gasteiger partial charge in [-0.3, -0.25) is 9.88 Å². The zero-order valence-electron chi connectivity index (χ0n) is 16.1. The summed E-state index contributed by atoms with van der Waals surface area (Å²) in [5.74, 6) is -0.324. The van der Waals surface area contributed by atoms with Gasteiger partial charge in [0.05, 0.1) is 0 Å². The fourth-order valence-electron chi connectivity index (χ4n) is 2.84. The fraction of sp³-hybridized carbons (Fsp3) is 0.381. The summed E-state index contributed by atoms with van der Waals surface area (Å²) in [4.78, 5) is 28.0. The van der Waals surface area contributed by atoms with Crippen molar-refractivity contribution in [1.82, 2.24) is 9.88 Å². The minimum absolute atomic E-state index is 0.0831. The fourth-order valence-corrected chi connectivity index (χ4v) is 2.84. The third-order valence-electron chi connectivity index (χ3n) is 4.32. The maximum Gasteiger partial charge on any atom is 0.408 e. The van der Waals surface area contributed by atoms with E-state index in [0.717, 1.165) is 16.0 Å². The molecule has 0 fully saturated rings. The van der Waals surface area contributed by atoms with Crippen LogP contribution in [0.2, 0.25) is 0 Å². The van der Waals surface area contributed by atoms with Gasteiger partial charge in [0.2, 0.25) is 0 Å². The van der Waals surface area contributed by atoms with Gasteiger partial charge in [-0.15, -0.1) is 0 Å². The summed E-state index contributed by atoms with van der Waals surface area (Å²) in [5, 5.41) is 18.8. The summed E-state index contributed by atoms with van der Waals surface area (Å²) in [6, 6.07) is 10.1. The molecular formula is C21H26N2O5. The van der Waals surface area contributed by atoms with Crippen LogP contribution in [0.4, 0.5) is 4.79 Å². The lowest BCUT2D eigenvalue weighted by Crippen LogP contribution is -2.46. The third kappa shape index (κ3) is 6.57. The Morgan fingerprint density at radius 2 is 1.68 bits per heavy atom. The molecule has 1 atom stereocenters. The Bertz CT molecular complexity index is 762. The van der Waals surface area contributed by atoms with Crippen LogP contribution in [0.1, 0.15) is 31.4 Å². The van der Waals surface area contributed by atoms with Crippen molar-refractivity contribution in [1.29, 1.82) is 0 Å². The number of rotatable bonds is 10. The molecule has 150 valence electrons. The quantitative estimate of drug-likeness (QED) is 0.646. The molecule has 1 aromatic heterocycles. The van der Waals surface area contributed by atoms with Crippen molar-refractivity contribution in [3.63, 3.8) is 0 Å². The molecule has 0 aliphatic carbocycles. The third-order valence-corrected chi connectivity index (χ3v) is 4.32. The van der Waals surface area contributed by atoms with Crippen molar-refractivity contribution >= 4 is 12.1 Å². The molecule has 1 unspecified atom stereocenters. The second-order valence-electron chi connectivity index (χ2n) is 7.00. The van der Waals surface area contributed by atoms with E-state index >= 15 is 0 Å². The summed E-state index contributed by atoms with van der Waals surface area (Å²) in [6.07, 6.45) is 2.91. The van der Waals surface area contributed by atoms with Gasteiger partial charge in [-0.2, -0.15) is 0 Å². The van der Waals surface area contributed by atoms with Crippen LogP contribution in [-0.2, 0) is 17.8 Å². The highest BCUT2D eigenvalue weighted by atomic mass is 16.5. The van der Waals surface area contributed by atoms with Gasteiger partial charge >= 0.3 is 12.1 Å². The summed E-state index contributed by atoms with van der Waals surface area (Å²) in [6.45, 7) is 4.31. The number of ether oxygens (including phenoxy) is 1. The molecule has 7 nitrogen and oxygen atoms in total. The number of nitrogens with zero attached hydrogens (tertiary/aromatic N) is 2. The molecule has 0 aliphatic heterocycles. The Kier molecular flexibility index (Phi) is 7.80. The standard InChI is InChI=1S/C21H26N2O5/c1-15(2)13-19(20(24)25)23(21(26)27)12-9-16-3-5-18(6-4-16)28-14-17-7-10-22-11-8-17/h3-8,10-11,15,19H,9,12-14H2,1-2H3,(H,24,25)(H,26,27). The van der Waals surface area contributed by atoms with Crippen LogP contribution in [0.5, 0.6) is 5.75 Å². The van der Waals surface area contributed by atoms with E-state index in [1.54, 1.807) is 12.4 Å². The maximum absolute atomic E-state index is 11.6. The van der Waals surface area contributed by atoms with E-state index in [1.165, 1.54) is 0 Å². The molecule has 0 radical (unpaired) electrons. The van der Waals surface area contributed by atoms with E-state index in [-0.39, 0.29) is 18.9 Å². The molecule has 7 heteroatoms. The molecule has 1 aromatic carbocycles. The number of carboxylic acids is 1. The van der Waals surface area contributed by atoms with Gasteiger partial charge in [0.1, 0.15) is 18.4 Å². The Hall–Kier alpha value is -3.09. The number of amides is 1. The Labute approximate surface area is 164 Å². The second-order valence-corrected chi connectivity index (χ2v) is 7.00. The van der Waals surface area contributed by atoms with Crippen molar-refractivity contribution in [3.8, 4) is 5.75 Å². The van der Waals surface area contributed by atoms with E-state index in [9.17, 15) is 19.8 Å². The second kappa shape index (κ2) is 10.3. The first kappa shape index (κ1) is 21.2. The normalized spacial score (nSPS) is 11.8. The highest BCUT2D eigenvalue weighted by molar-refractivity contribution is 5.79. The van der Waals surface area contributed by atoms with Crippen molar-refractivity contribution in [2.24, 2.45) is 5.92 Å². The van der Waals surface area contributed by atoms with Crippen LogP contribution < -0.4 is 4.74 Å². The number of hydrogen-bond donors (Lipinski definition) is 2. The van der Waals surface area contributed by atoms with Crippen LogP contribution in [0.15, 0.2) is 48.8 Å². The minimum Gasteiger partial charge on any atom is -0.489 e. The molecule has 0 aliphatic rings. The molecule has 0 saturated carbocycles. The largest absolute Gasteiger partial charge is 0.489 e. The van der Waals surface area contributed by atoms with Gasteiger partial charge in [0.15, 0.2) is 0 Å². The first-order valence-electron chi connectivity index (χ1n) is 9.20. The molecule has 1 heterocycles. The lowest BCUT2D eigenvalue weighted by Gasteiger charge is -2.27. The molecule has 28 heavy (non-hydrogen) atoms. The van der Waals surface area contributed by atoms with Gasteiger partial charge < -0.3 is 14.9 Å². The smallest absolute Gasteiger partial charge is 0.408 e. The summed E-state index contributed by atoms with van der Waals surface area (Å²) >= 11 is 0. The minimum atomic E-state index is -1.22. The summed E-state index contributed by atoms with van der Waals surface area (Å²) < 4.78 is 5.71. The van der Waals surface area contributed by atoms with Crippen molar-refractivity contribution in [2.75, 3.05) is 6.54 Å². The Morgan fingerprint density at radius 1 is 1.04 bits per heavy atom. The molecule has 0 bridgehead atoms. The van der Waals surface area contributed by atoms with Gasteiger partial charge in [-0.05, 0) is 54.2 Å². The van der Waals surface area contributed by atoms with E-state index < -0.39 is 18.1 Å². The van der Waals surface area contributed by atoms with E-state index in [1.807, 2.05) is 50.2 Å². The van der Waals surface area contributed by atoms with Crippen molar-refractivity contribution in [2.45, 2.75) is 39.3 Å². The number of aliphatic carboxylic acids is 1. The molecule has 2 rings (SSSR count). The monoisotopic (exact) mass is 386 g/mol. The Balaban J connectivity index is 1.94. The number of aromatic nitrogens is 1. The molecular weight excluding hydrogens is 360 g/mol. The number of carboxylic acid groups (broad SMARTS) is 2. The zero-order chi connectivity index (χ0) is 20.5. The zero-order valence-corrected chi connectivity index (χ0v) is 16.1. The highest BCUT2D eigenvalue weighted by Crippen LogP contribution is 2.17. The van der Waals surface area contributed by atoms with Gasteiger partial charge in [-0.1, -0.05) is 26.0 Å². The molecule has 2 aromatic rings. The van der Waals surface area contributed by atoms with Gasteiger partial charge in [-0.25, -0.2) is 9.59 Å². The predicted molar refractivity (Wildman–Crippen MR) is 104 cm³/mol. The van der Waals surface area contributed by atoms with Crippen LogP contribution in [0.3, 0.4) is 0 Å². The van der Waals surface area contributed by atoms with Crippen molar-refractivity contribution < 1.29 is 24.5 Å². The van der Waals surface area contributed by atoms with Crippen LogP contribution >= 0.6 is 0 Å². The SMILES string of the molecule is CC(C)CC(C(=O)O)N(CCc1ccc(OCc2ccncc2)cc1)C(=O)O. The first-order valence-corrected chi connectivity index (χ1v) is 9.20. The number of carbonyl (C=O) groups is 2. The molecule has 1 amide bonds. The van der Waals surface area contributed by atoms with Gasteiger partial charge in [0.25, 0.3) is 0 Å². The topological polar surface area (TPSA) is 100.0 Å². The average molecular weight is 386 g/mol. The van der Waals surface area contributed by atoms with Crippen LogP contribution in [0.25, 0.3) is 0 Å². The number of benzene rings is 1. The van der Waals surface area contributed by atoms with Crippen LogP contribution in [-0.4, -0.2) is 44.7 Å². The first-order chi connectivity index (χ1) is 13.4. The Morgan fingerprint density at radius 3 is 2.21 bits per heavy atom. The molecule has 0 saturated heterocycles. The predicted octanol–water partition coefficient (Wildman–Crippen LogP) is 3.68. The van der Waals surface area contributed by atoms with Crippen LogP contribution in [0, 0.1) is 5.92 Å². The lowest BCUT2D eigenvalue weighted by atomic mass is 10.0. The summed E-state index contributed by atoms with van der Waals surface area (Å²) in [5.41, 5.74) is 1.93. The van der Waals surface area contributed by atoms with Crippen molar-refractivity contribution in [3.05, 3.63) is 59.9 Å². The van der Waals surface area contributed by atoms with E-state index in [4.69, 9.17) is 4.74 Å². The summed E-state index contributed by atoms with van der Waals surface area (Å²) in [7, 11) is 0. The molecule has 2 N–H and O–H groups in total. The maximum atomic E-state index is 11.6. The lowest BCUT2D eigenvalue weighted by molar-refractivity contribution is -0.143. The van der Waals surface area contributed by atoms with E-state index in [2.05, 4.69) is 4.98 Å². The highest BCUT2D eigenvalue weighted by Gasteiger charge is 2.29. The average Bonchev–Trinajstić information content (AvgIpc) is 2.66.